The number of carbonyl (C=O) groups is 3. The number of rotatable bonds is 7. The summed E-state index contributed by atoms with van der Waals surface area (Å²) in [5.74, 6) is -2.84. The summed E-state index contributed by atoms with van der Waals surface area (Å²) in [6.07, 6.45) is 7.18. The second-order valence-electron chi connectivity index (χ2n) is 15.8. The fourth-order valence-corrected chi connectivity index (χ4v) is 11.8. The molecule has 296 valence electrons. The molecule has 2 aliphatic heterocycles. The zero-order valence-electron chi connectivity index (χ0n) is 31.0. The van der Waals surface area contributed by atoms with Gasteiger partial charge in [-0.15, -0.1) is 0 Å². The molecule has 2 amide bonds. The molecule has 11 nitrogen and oxygen atoms in total. The van der Waals surface area contributed by atoms with Crippen LogP contribution in [0.5, 0.6) is 5.88 Å². The molecule has 7 rings (SSSR count). The van der Waals surface area contributed by atoms with Crippen LogP contribution in [0.2, 0.25) is 5.02 Å². The first-order valence-corrected chi connectivity index (χ1v) is 21.7. The predicted octanol–water partition coefficient (Wildman–Crippen LogP) is 8.19. The van der Waals surface area contributed by atoms with Gasteiger partial charge in [0.25, 0.3) is 0 Å². The third-order valence-corrected chi connectivity index (χ3v) is 15.4. The van der Waals surface area contributed by atoms with Crippen LogP contribution in [0, 0.1) is 24.5 Å². The van der Waals surface area contributed by atoms with Gasteiger partial charge in [0.1, 0.15) is 36.2 Å². The van der Waals surface area contributed by atoms with Gasteiger partial charge < -0.3 is 24.6 Å². The zero-order chi connectivity index (χ0) is 38.9. The number of aromatic nitrogens is 2. The largest absolute Gasteiger partial charge is 0.472 e. The van der Waals surface area contributed by atoms with Crippen molar-refractivity contribution in [3.8, 4) is 5.88 Å². The average Bonchev–Trinajstić information content (AvgIpc) is 3.42. The van der Waals surface area contributed by atoms with Crippen molar-refractivity contribution in [2.75, 3.05) is 6.54 Å². The topological polar surface area (TPSA) is 148 Å². The number of nitrogens with zero attached hydrogens (tertiary/aromatic N) is 3. The van der Waals surface area contributed by atoms with E-state index in [0.29, 0.717) is 35.2 Å². The first-order chi connectivity index (χ1) is 26.4. The lowest BCUT2D eigenvalue weighted by atomic mass is 10.0. The maximum Gasteiger partial charge on any atom is 0.408 e. The highest BCUT2D eigenvalue weighted by atomic mass is 35.5. The first-order valence-electron chi connectivity index (χ1n) is 19.5. The molecule has 2 aliphatic carbocycles. The highest BCUT2D eigenvalue weighted by Crippen LogP contribution is 2.75. The van der Waals surface area contributed by atoms with E-state index in [4.69, 9.17) is 21.1 Å². The van der Waals surface area contributed by atoms with E-state index in [2.05, 4.69) is 15.3 Å². The molecule has 55 heavy (non-hydrogen) atoms. The number of aryl methyl sites for hydroxylation is 1. The molecule has 0 spiro atoms. The normalized spacial score (nSPS) is 27.8. The minimum atomic E-state index is -4.39. The molecular formula is C40H48ClF2N4O7P. The standard InChI is InChI=1S/C40H48ClF2N4O7P/c1-24-16-17-28-36(35(24)41)44-23-45-37(28)53-27-18-33-34(48)20-40(55(51,52)22-29-30(42)13-9-14-31(29)43)19-25(40)10-5-3-2-4-6-15-32(38(49)47(33)21-27)46-39(50)54-26-11-7-8-12-26/h9,13-14,16-17,23,25-27,32-33H,2-8,10-12,15,18-22H2,1H3,(H,46,50)(H,51,52)/t25-,27?,32-,33-,40+/m0/s1. The lowest BCUT2D eigenvalue weighted by Gasteiger charge is -2.30. The van der Waals surface area contributed by atoms with Crippen LogP contribution in [0.3, 0.4) is 0 Å². The van der Waals surface area contributed by atoms with Crippen LogP contribution >= 0.6 is 19.0 Å². The fourth-order valence-electron chi connectivity index (χ4n) is 8.90. The van der Waals surface area contributed by atoms with Crippen LogP contribution in [-0.4, -0.2) is 73.5 Å². The Balaban J connectivity index is 1.20. The molecule has 2 unspecified atom stereocenters. The number of amides is 2. The molecule has 3 aromatic rings. The molecule has 6 atom stereocenters. The second kappa shape index (κ2) is 16.4. The van der Waals surface area contributed by atoms with E-state index in [0.717, 1.165) is 69.1 Å². The number of nitrogens with one attached hydrogen (secondary N) is 1. The van der Waals surface area contributed by atoms with Gasteiger partial charge in [-0.2, -0.15) is 0 Å². The number of alkyl carbamates (subject to hydrolysis) is 1. The Hall–Kier alpha value is -3.67. The average molecular weight is 801 g/mol. The van der Waals surface area contributed by atoms with E-state index in [1.54, 1.807) is 6.07 Å². The van der Waals surface area contributed by atoms with Crippen LogP contribution in [-0.2, 0) is 25.1 Å². The molecule has 2 aromatic carbocycles. The van der Waals surface area contributed by atoms with Gasteiger partial charge in [-0.3, -0.25) is 14.2 Å². The molecule has 0 radical (unpaired) electrons. The number of halogens is 3. The highest BCUT2D eigenvalue weighted by molar-refractivity contribution is 7.59. The van der Waals surface area contributed by atoms with Gasteiger partial charge in [0.15, 0.2) is 5.78 Å². The minimum absolute atomic E-state index is 0.0240. The van der Waals surface area contributed by atoms with Crippen molar-refractivity contribution in [3.63, 3.8) is 0 Å². The van der Waals surface area contributed by atoms with E-state index in [1.807, 2.05) is 13.0 Å². The van der Waals surface area contributed by atoms with Crippen molar-refractivity contribution in [2.45, 2.75) is 132 Å². The molecule has 2 N–H and O–H groups in total. The molecule has 4 aliphatic rings. The molecule has 2 saturated carbocycles. The van der Waals surface area contributed by atoms with E-state index >= 15 is 0 Å². The number of ketones is 1. The molecule has 2 saturated heterocycles. The summed E-state index contributed by atoms with van der Waals surface area (Å²) >= 11 is 6.55. The molecule has 4 fully saturated rings. The summed E-state index contributed by atoms with van der Waals surface area (Å²) in [4.78, 5) is 64.2. The van der Waals surface area contributed by atoms with Crippen LogP contribution in [0.4, 0.5) is 13.6 Å². The smallest absolute Gasteiger partial charge is 0.408 e. The summed E-state index contributed by atoms with van der Waals surface area (Å²) in [7, 11) is -4.39. The number of hydrogen-bond donors (Lipinski definition) is 2. The Morgan fingerprint density at radius 3 is 2.44 bits per heavy atom. The third kappa shape index (κ3) is 8.40. The number of fused-ring (bicyclic) bond motifs is 3. The molecule has 15 heteroatoms. The van der Waals surface area contributed by atoms with Crippen molar-refractivity contribution in [1.82, 2.24) is 20.2 Å². The van der Waals surface area contributed by atoms with Crippen molar-refractivity contribution in [3.05, 3.63) is 64.4 Å². The van der Waals surface area contributed by atoms with Gasteiger partial charge in [0.2, 0.25) is 19.2 Å². The van der Waals surface area contributed by atoms with Crippen molar-refractivity contribution >= 4 is 47.7 Å². The molecule has 1 aromatic heterocycles. The molecular weight excluding hydrogens is 753 g/mol. The third-order valence-electron chi connectivity index (χ3n) is 12.1. The van der Waals surface area contributed by atoms with Gasteiger partial charge in [0.05, 0.1) is 39.8 Å². The van der Waals surface area contributed by atoms with Gasteiger partial charge in [-0.1, -0.05) is 55.8 Å². The number of ether oxygens (including phenoxy) is 2. The van der Waals surface area contributed by atoms with Crippen LogP contribution < -0.4 is 10.1 Å². The van der Waals surface area contributed by atoms with Gasteiger partial charge in [-0.25, -0.2) is 23.5 Å². The Kier molecular flexibility index (Phi) is 11.8. The van der Waals surface area contributed by atoms with Crippen molar-refractivity contribution < 1.29 is 42.1 Å². The van der Waals surface area contributed by atoms with E-state index in [9.17, 15) is 32.6 Å². The molecule has 3 heterocycles. The SMILES string of the molecule is Cc1ccc2c(OC3C[C@H]4C(=O)C[C@]5(P(=O)(O)Cc6c(F)cccc6F)C[C@@H]5CCCCCCC[C@H](NC(=O)OC5CCCC5)C(=O)N4C3)ncnc2c1Cl. The van der Waals surface area contributed by atoms with E-state index in [-0.39, 0.29) is 43.7 Å². The maximum atomic E-state index is 14.8. The summed E-state index contributed by atoms with van der Waals surface area (Å²) in [5, 5.41) is 2.41. The Labute approximate surface area is 324 Å². The van der Waals surface area contributed by atoms with Gasteiger partial charge >= 0.3 is 6.09 Å². The zero-order valence-corrected chi connectivity index (χ0v) is 32.6. The van der Waals surface area contributed by atoms with Crippen molar-refractivity contribution in [2.24, 2.45) is 5.92 Å². The highest BCUT2D eigenvalue weighted by Gasteiger charge is 2.66. The number of hydrogen-bond acceptors (Lipinski definition) is 8. The fraction of sp³-hybridized carbons (Fsp3) is 0.575. The van der Waals surface area contributed by atoms with Crippen LogP contribution in [0.25, 0.3) is 10.9 Å². The summed E-state index contributed by atoms with van der Waals surface area (Å²) in [6, 6.07) is 4.86. The van der Waals surface area contributed by atoms with E-state index in [1.165, 1.54) is 17.3 Å². The Morgan fingerprint density at radius 1 is 1.00 bits per heavy atom. The maximum absolute atomic E-state index is 14.8. The number of carbonyl (C=O) groups excluding carboxylic acids is 3. The second-order valence-corrected chi connectivity index (χ2v) is 18.8. The molecule has 0 bridgehead atoms. The van der Waals surface area contributed by atoms with Crippen molar-refractivity contribution in [1.29, 1.82) is 0 Å². The van der Waals surface area contributed by atoms with Crippen LogP contribution in [0.1, 0.15) is 101 Å². The van der Waals surface area contributed by atoms with E-state index < -0.39 is 71.9 Å². The van der Waals surface area contributed by atoms with Gasteiger partial charge in [0, 0.05) is 18.4 Å². The summed E-state index contributed by atoms with van der Waals surface area (Å²) in [5.41, 5.74) is 0.829. The summed E-state index contributed by atoms with van der Waals surface area (Å²) < 4.78 is 56.1. The number of Topliss-reactive ketones (excluding diaryl/α,β-unsaturated/α-hetero) is 1. The first kappa shape index (κ1) is 39.6. The van der Waals surface area contributed by atoms with Crippen LogP contribution in [0.15, 0.2) is 36.7 Å². The monoisotopic (exact) mass is 800 g/mol. The quantitative estimate of drug-likeness (QED) is 0.226. The number of benzene rings is 2. The predicted molar refractivity (Wildman–Crippen MR) is 202 cm³/mol. The Morgan fingerprint density at radius 2 is 1.69 bits per heavy atom. The lowest BCUT2D eigenvalue weighted by molar-refractivity contribution is -0.139. The lowest BCUT2D eigenvalue weighted by Crippen LogP contribution is -2.52. The minimum Gasteiger partial charge on any atom is -0.472 e. The summed E-state index contributed by atoms with van der Waals surface area (Å²) in [6.45, 7) is 1.83. The van der Waals surface area contributed by atoms with Gasteiger partial charge in [-0.05, 0) is 81.5 Å². The Bertz CT molecular complexity index is 1980.